The molecular formula is C10H15OSi. The van der Waals surface area contributed by atoms with Crippen LogP contribution < -0.4 is 0 Å². The van der Waals surface area contributed by atoms with E-state index >= 15 is 0 Å². The van der Waals surface area contributed by atoms with Crippen molar-refractivity contribution in [1.29, 1.82) is 0 Å². The number of para-hydroxylation sites is 1. The van der Waals surface area contributed by atoms with Crippen LogP contribution in [0.5, 0.6) is 5.75 Å². The summed E-state index contributed by atoms with van der Waals surface area (Å²) in [4.78, 5) is 0. The lowest BCUT2D eigenvalue weighted by atomic mass is 10.3. The number of rotatable bonds is 1. The monoisotopic (exact) mass is 179 g/mol. The van der Waals surface area contributed by atoms with Crippen LogP contribution in [0.25, 0.3) is 0 Å². The zero-order valence-electron chi connectivity index (χ0n) is 7.62. The molecule has 0 aromatic heterocycles. The van der Waals surface area contributed by atoms with Gasteiger partial charge in [0.25, 0.3) is 0 Å². The van der Waals surface area contributed by atoms with Crippen LogP contribution in [0.4, 0.5) is 0 Å². The maximum Gasteiger partial charge on any atom is 0.115 e. The fraction of sp³-hybridized carbons (Fsp3) is 0.200. The molecule has 1 aromatic rings. The number of hydrogen-bond donors (Lipinski definition) is 1. The zero-order chi connectivity index (χ0) is 9.40. The molecule has 0 aliphatic heterocycles. The first-order valence-electron chi connectivity index (χ1n) is 3.83. The van der Waals surface area contributed by atoms with Crippen molar-refractivity contribution in [2.75, 3.05) is 0 Å². The van der Waals surface area contributed by atoms with Gasteiger partial charge in [0.1, 0.15) is 5.75 Å². The first-order valence-corrected chi connectivity index (χ1v) is 6.41. The quantitative estimate of drug-likeness (QED) is 0.657. The molecule has 1 rings (SSSR count). The molecule has 0 amide bonds. The van der Waals surface area contributed by atoms with Crippen molar-refractivity contribution >= 4 is 8.80 Å². The van der Waals surface area contributed by atoms with Gasteiger partial charge >= 0.3 is 0 Å². The van der Waals surface area contributed by atoms with Crippen molar-refractivity contribution in [2.24, 2.45) is 0 Å². The van der Waals surface area contributed by atoms with Crippen molar-refractivity contribution in [2.45, 2.75) is 13.1 Å². The van der Waals surface area contributed by atoms with Gasteiger partial charge in [-0.05, 0) is 12.1 Å². The Hall–Kier alpha value is -1.02. The Morgan fingerprint density at radius 2 is 1.67 bits per heavy atom. The summed E-state index contributed by atoms with van der Waals surface area (Å²) in [5.41, 5.74) is 2.02. The lowest BCUT2D eigenvalue weighted by molar-refractivity contribution is 0.475. The first kappa shape index (κ1) is 11.0. The molecular weight excluding hydrogens is 164 g/mol. The number of phenols is 1. The van der Waals surface area contributed by atoms with E-state index in [2.05, 4.69) is 19.7 Å². The fourth-order valence-corrected chi connectivity index (χ4v) is 0.428. The predicted molar refractivity (Wildman–Crippen MR) is 55.8 cm³/mol. The Balaban J connectivity index is 0.000000217. The predicted octanol–water partition coefficient (Wildman–Crippen LogP) is 2.86. The van der Waals surface area contributed by atoms with Crippen molar-refractivity contribution < 1.29 is 5.11 Å². The number of benzene rings is 1. The topological polar surface area (TPSA) is 20.2 Å². The second kappa shape index (κ2) is 6.67. The molecule has 1 radical (unpaired) electrons. The van der Waals surface area contributed by atoms with Crippen LogP contribution in [0.1, 0.15) is 0 Å². The maximum absolute atomic E-state index is 8.63. The van der Waals surface area contributed by atoms with Gasteiger partial charge in [0.2, 0.25) is 0 Å². The van der Waals surface area contributed by atoms with Crippen molar-refractivity contribution in [3.63, 3.8) is 0 Å². The lowest BCUT2D eigenvalue weighted by Gasteiger charge is -1.82. The number of hydrogen-bond acceptors (Lipinski definition) is 1. The Labute approximate surface area is 76.0 Å². The van der Waals surface area contributed by atoms with Crippen molar-refractivity contribution in [3.05, 3.63) is 42.6 Å². The van der Waals surface area contributed by atoms with Gasteiger partial charge in [-0.2, -0.15) is 0 Å². The minimum absolute atomic E-state index is 0.110. The maximum atomic E-state index is 8.63. The fourth-order valence-electron chi connectivity index (χ4n) is 0.428. The van der Waals surface area contributed by atoms with Gasteiger partial charge in [0.15, 0.2) is 0 Å². The highest BCUT2D eigenvalue weighted by molar-refractivity contribution is 6.61. The molecule has 0 aliphatic rings. The molecule has 2 heteroatoms. The van der Waals surface area contributed by atoms with Crippen LogP contribution in [0.15, 0.2) is 42.6 Å². The van der Waals surface area contributed by atoms with Gasteiger partial charge in [-0.3, -0.25) is 0 Å². The third-order valence-corrected chi connectivity index (χ3v) is 1.98. The highest BCUT2D eigenvalue weighted by Gasteiger charge is 1.78. The van der Waals surface area contributed by atoms with Gasteiger partial charge in [0.05, 0.1) is 8.80 Å². The highest BCUT2D eigenvalue weighted by atomic mass is 28.3. The third kappa shape index (κ3) is 7.09. The van der Waals surface area contributed by atoms with Crippen LogP contribution in [0.3, 0.4) is 0 Å². The van der Waals surface area contributed by atoms with E-state index in [4.69, 9.17) is 5.11 Å². The molecule has 0 unspecified atom stereocenters. The summed E-state index contributed by atoms with van der Waals surface area (Å²) in [6.07, 6.45) is 0. The summed E-state index contributed by atoms with van der Waals surface area (Å²) in [6, 6.07) is 8.71. The van der Waals surface area contributed by atoms with Gasteiger partial charge in [-0.15, -0.1) is 12.3 Å². The number of aromatic hydroxyl groups is 1. The normalized spacial score (nSPS) is 8.58. The van der Waals surface area contributed by atoms with Crippen LogP contribution in [-0.2, 0) is 0 Å². The minimum atomic E-state index is -0.110. The molecule has 0 saturated carbocycles. The van der Waals surface area contributed by atoms with Gasteiger partial charge in [-0.1, -0.05) is 31.3 Å². The van der Waals surface area contributed by atoms with E-state index in [1.807, 2.05) is 11.8 Å². The standard InChI is InChI=1S/C6H6O.C4H9Si/c7-6-4-2-1-3-5-6;1-4-5(2)3/h1-5,7H;4H,1H2,2-3H3. The third-order valence-electron chi connectivity index (χ3n) is 1.16. The molecule has 1 aromatic carbocycles. The SMILES string of the molecule is C=C[Si](C)C.Oc1ccccc1. The van der Waals surface area contributed by atoms with Crippen LogP contribution in [0.2, 0.25) is 13.1 Å². The summed E-state index contributed by atoms with van der Waals surface area (Å²) >= 11 is 0. The van der Waals surface area contributed by atoms with E-state index in [-0.39, 0.29) is 8.80 Å². The Bertz CT molecular complexity index is 206. The Morgan fingerprint density at radius 3 is 1.83 bits per heavy atom. The summed E-state index contributed by atoms with van der Waals surface area (Å²) in [5.74, 6) is 0.322. The average Bonchev–Trinajstić information content (AvgIpc) is 2.07. The molecule has 0 heterocycles. The van der Waals surface area contributed by atoms with Gasteiger partial charge < -0.3 is 5.11 Å². The van der Waals surface area contributed by atoms with Crippen LogP contribution in [0, 0.1) is 0 Å². The lowest BCUT2D eigenvalue weighted by Crippen LogP contribution is -1.89. The summed E-state index contributed by atoms with van der Waals surface area (Å²) in [6.45, 7) is 8.02. The van der Waals surface area contributed by atoms with E-state index in [1.54, 1.807) is 24.3 Å². The molecule has 12 heavy (non-hydrogen) atoms. The Kier molecular flexibility index (Phi) is 6.10. The Morgan fingerprint density at radius 1 is 1.25 bits per heavy atom. The largest absolute Gasteiger partial charge is 0.508 e. The molecule has 1 nitrogen and oxygen atoms in total. The molecule has 0 saturated heterocycles. The average molecular weight is 179 g/mol. The van der Waals surface area contributed by atoms with E-state index in [9.17, 15) is 0 Å². The zero-order valence-corrected chi connectivity index (χ0v) is 8.62. The second-order valence-corrected chi connectivity index (χ2v) is 5.18. The molecule has 0 fully saturated rings. The molecule has 0 atom stereocenters. The summed E-state index contributed by atoms with van der Waals surface area (Å²) < 4.78 is 0. The highest BCUT2D eigenvalue weighted by Crippen LogP contribution is 2.02. The van der Waals surface area contributed by atoms with E-state index in [1.165, 1.54) is 0 Å². The smallest absolute Gasteiger partial charge is 0.115 e. The van der Waals surface area contributed by atoms with E-state index in [0.29, 0.717) is 5.75 Å². The summed E-state index contributed by atoms with van der Waals surface area (Å²) in [5, 5.41) is 8.63. The van der Waals surface area contributed by atoms with Gasteiger partial charge in [-0.25, -0.2) is 0 Å². The second-order valence-electron chi connectivity index (χ2n) is 2.62. The van der Waals surface area contributed by atoms with E-state index < -0.39 is 0 Å². The minimum Gasteiger partial charge on any atom is -0.508 e. The van der Waals surface area contributed by atoms with Gasteiger partial charge in [0, 0.05) is 0 Å². The molecule has 65 valence electrons. The van der Waals surface area contributed by atoms with Crippen LogP contribution >= 0.6 is 0 Å². The summed E-state index contributed by atoms with van der Waals surface area (Å²) in [7, 11) is -0.110. The molecule has 0 aliphatic carbocycles. The molecule has 0 spiro atoms. The first-order chi connectivity index (χ1) is 5.66. The van der Waals surface area contributed by atoms with Crippen molar-refractivity contribution in [3.8, 4) is 5.75 Å². The number of phenolic OH excluding ortho intramolecular Hbond substituents is 1. The molecule has 1 N–H and O–H groups in total. The van der Waals surface area contributed by atoms with Crippen LogP contribution in [-0.4, -0.2) is 13.9 Å². The molecule has 0 bridgehead atoms. The van der Waals surface area contributed by atoms with Crippen molar-refractivity contribution in [1.82, 2.24) is 0 Å². The van der Waals surface area contributed by atoms with E-state index in [0.717, 1.165) is 0 Å².